The maximum atomic E-state index is 13.9. The average Bonchev–Trinajstić information content (AvgIpc) is 3.07. The molecule has 3 amide bonds. The molecule has 2 aromatic rings. The molecule has 1 saturated carbocycles. The number of benzene rings is 2. The molecule has 0 spiro atoms. The molecule has 3 atom stereocenters. The molecule has 2 aliphatic rings. The molecule has 4 N–H and O–H groups in total. The number of phenolic OH excluding ortho intramolecular Hbond substituents is 1. The van der Waals surface area contributed by atoms with E-state index in [1.807, 2.05) is 44.2 Å². The highest BCUT2D eigenvalue weighted by atomic mass is 32.2. The van der Waals surface area contributed by atoms with E-state index in [2.05, 4.69) is 10.6 Å². The summed E-state index contributed by atoms with van der Waals surface area (Å²) in [5.41, 5.74) is 1.51. The van der Waals surface area contributed by atoms with Crippen molar-refractivity contribution < 1.29 is 24.6 Å². The standard InChI is InChI=1S/C31H41N3O5S/c1-20-23(16-11-17-25(20)35)28(37)33-24(18-21-12-7-6-8-13-21)26(36)30(39)34-19-40-31(2,3)27(34)29(38)32-22-14-9-4-5-10-15-22/h6-8,11-13,16-17,22,24,26-27,35-36H,4-5,9-10,14-15,18-19H2,1-3H3,(H,32,38)(H,33,37)/t24-,26-,27+/m0/s1. The summed E-state index contributed by atoms with van der Waals surface area (Å²) in [7, 11) is 0. The first kappa shape index (κ1) is 29.9. The van der Waals surface area contributed by atoms with Crippen LogP contribution < -0.4 is 10.6 Å². The van der Waals surface area contributed by atoms with Crippen LogP contribution in [0.3, 0.4) is 0 Å². The fourth-order valence-corrected chi connectivity index (χ4v) is 6.82. The second-order valence-electron chi connectivity index (χ2n) is 11.4. The number of aliphatic hydroxyl groups excluding tert-OH is 1. The van der Waals surface area contributed by atoms with Gasteiger partial charge in [-0.3, -0.25) is 14.4 Å². The van der Waals surface area contributed by atoms with E-state index in [-0.39, 0.29) is 35.6 Å². The Labute approximate surface area is 240 Å². The van der Waals surface area contributed by atoms with Crippen molar-refractivity contribution in [1.82, 2.24) is 15.5 Å². The minimum Gasteiger partial charge on any atom is -0.508 e. The molecule has 9 heteroatoms. The second kappa shape index (κ2) is 13.1. The molecule has 1 aliphatic heterocycles. The van der Waals surface area contributed by atoms with Gasteiger partial charge < -0.3 is 25.7 Å². The number of amides is 3. The lowest BCUT2D eigenvalue weighted by Crippen LogP contribution is -2.59. The first-order valence-corrected chi connectivity index (χ1v) is 15.1. The van der Waals surface area contributed by atoms with Crippen molar-refractivity contribution in [1.29, 1.82) is 0 Å². The molecule has 0 aromatic heterocycles. The quantitative estimate of drug-likeness (QED) is 0.359. The zero-order chi connectivity index (χ0) is 28.9. The number of hydrogen-bond acceptors (Lipinski definition) is 6. The van der Waals surface area contributed by atoms with E-state index in [1.54, 1.807) is 19.1 Å². The summed E-state index contributed by atoms with van der Waals surface area (Å²) >= 11 is 1.50. The molecular formula is C31H41N3O5S. The first-order valence-electron chi connectivity index (χ1n) is 14.1. The maximum absolute atomic E-state index is 13.9. The van der Waals surface area contributed by atoms with E-state index in [0.717, 1.165) is 31.2 Å². The third-order valence-electron chi connectivity index (χ3n) is 8.08. The molecule has 2 aromatic carbocycles. The van der Waals surface area contributed by atoms with E-state index in [0.29, 0.717) is 5.56 Å². The zero-order valence-corrected chi connectivity index (χ0v) is 24.4. The SMILES string of the molecule is Cc1c(O)cccc1C(=O)N[C@@H](Cc1ccccc1)[C@H](O)C(=O)N1CSC(C)(C)[C@H]1C(=O)NC1CCCCCC1. The Balaban J connectivity index is 1.56. The lowest BCUT2D eigenvalue weighted by atomic mass is 9.96. The molecule has 8 nitrogen and oxygen atoms in total. The van der Waals surface area contributed by atoms with Crippen LogP contribution in [-0.4, -0.2) is 67.7 Å². The molecule has 0 bridgehead atoms. The fraction of sp³-hybridized carbons (Fsp3) is 0.516. The van der Waals surface area contributed by atoms with E-state index in [4.69, 9.17) is 0 Å². The number of aromatic hydroxyl groups is 1. The lowest BCUT2D eigenvalue weighted by molar-refractivity contribution is -0.147. The van der Waals surface area contributed by atoms with Crippen molar-refractivity contribution in [3.05, 3.63) is 65.2 Å². The summed E-state index contributed by atoms with van der Waals surface area (Å²) in [6, 6.07) is 12.4. The summed E-state index contributed by atoms with van der Waals surface area (Å²) in [5, 5.41) is 27.6. The van der Waals surface area contributed by atoms with Crippen LogP contribution in [0.5, 0.6) is 5.75 Å². The summed E-state index contributed by atoms with van der Waals surface area (Å²) in [4.78, 5) is 42.2. The smallest absolute Gasteiger partial charge is 0.254 e. The van der Waals surface area contributed by atoms with Gasteiger partial charge >= 0.3 is 0 Å². The van der Waals surface area contributed by atoms with Gasteiger partial charge in [-0.2, -0.15) is 0 Å². The van der Waals surface area contributed by atoms with Gasteiger partial charge in [0.15, 0.2) is 6.10 Å². The van der Waals surface area contributed by atoms with E-state index in [9.17, 15) is 24.6 Å². The number of thioether (sulfide) groups is 1. The predicted molar refractivity (Wildman–Crippen MR) is 157 cm³/mol. The minimum absolute atomic E-state index is 0.0114. The molecule has 1 heterocycles. The minimum atomic E-state index is -1.58. The van der Waals surface area contributed by atoms with Crippen LogP contribution in [0.4, 0.5) is 0 Å². The highest BCUT2D eigenvalue weighted by Crippen LogP contribution is 2.40. The van der Waals surface area contributed by atoms with Crippen LogP contribution in [0, 0.1) is 6.92 Å². The van der Waals surface area contributed by atoms with Gasteiger partial charge in [0.25, 0.3) is 11.8 Å². The van der Waals surface area contributed by atoms with Crippen molar-refractivity contribution in [3.63, 3.8) is 0 Å². The van der Waals surface area contributed by atoms with Gasteiger partial charge in [-0.1, -0.05) is 62.1 Å². The topological polar surface area (TPSA) is 119 Å². The molecular weight excluding hydrogens is 526 g/mol. The Kier molecular flexibility index (Phi) is 9.79. The Morgan fingerprint density at radius 2 is 1.70 bits per heavy atom. The van der Waals surface area contributed by atoms with Gasteiger partial charge in [-0.05, 0) is 57.7 Å². The number of phenols is 1. The van der Waals surface area contributed by atoms with Crippen LogP contribution in [0.15, 0.2) is 48.5 Å². The zero-order valence-electron chi connectivity index (χ0n) is 23.6. The third kappa shape index (κ3) is 6.99. The van der Waals surface area contributed by atoms with Crippen molar-refractivity contribution in [3.8, 4) is 5.75 Å². The highest BCUT2D eigenvalue weighted by molar-refractivity contribution is 8.00. The lowest BCUT2D eigenvalue weighted by Gasteiger charge is -2.34. The first-order chi connectivity index (χ1) is 19.1. The van der Waals surface area contributed by atoms with Crippen molar-refractivity contribution in [2.24, 2.45) is 0 Å². The van der Waals surface area contributed by atoms with Crippen molar-refractivity contribution in [2.75, 3.05) is 5.88 Å². The highest BCUT2D eigenvalue weighted by Gasteiger charge is 2.50. The predicted octanol–water partition coefficient (Wildman–Crippen LogP) is 3.92. The number of nitrogens with one attached hydrogen (secondary N) is 2. The number of carbonyl (C=O) groups excluding carboxylic acids is 3. The van der Waals surface area contributed by atoms with E-state index < -0.39 is 34.7 Å². The molecule has 1 aliphatic carbocycles. The molecule has 4 rings (SSSR count). The van der Waals surface area contributed by atoms with Crippen LogP contribution in [0.1, 0.15) is 73.9 Å². The molecule has 1 saturated heterocycles. The molecule has 2 fully saturated rings. The van der Waals surface area contributed by atoms with Gasteiger partial charge in [0.1, 0.15) is 11.8 Å². The third-order valence-corrected chi connectivity index (χ3v) is 9.45. The second-order valence-corrected chi connectivity index (χ2v) is 13.0. The van der Waals surface area contributed by atoms with Gasteiger partial charge in [-0.25, -0.2) is 0 Å². The van der Waals surface area contributed by atoms with E-state index >= 15 is 0 Å². The summed E-state index contributed by atoms with van der Waals surface area (Å²) < 4.78 is -0.541. The number of hydrogen-bond donors (Lipinski definition) is 4. The molecule has 216 valence electrons. The Morgan fingerprint density at radius 3 is 2.38 bits per heavy atom. The molecule has 0 unspecified atom stereocenters. The van der Waals surface area contributed by atoms with Crippen LogP contribution in [0.2, 0.25) is 0 Å². The number of carbonyl (C=O) groups is 3. The summed E-state index contributed by atoms with van der Waals surface area (Å²) in [5.74, 6) is -1.03. The summed E-state index contributed by atoms with van der Waals surface area (Å²) in [6.07, 6.45) is 4.99. The monoisotopic (exact) mass is 567 g/mol. The largest absolute Gasteiger partial charge is 0.508 e. The van der Waals surface area contributed by atoms with Crippen molar-refractivity contribution in [2.45, 2.75) is 94.7 Å². The Morgan fingerprint density at radius 1 is 1.02 bits per heavy atom. The fourth-order valence-electron chi connectivity index (χ4n) is 5.68. The Hall–Kier alpha value is -3.04. The number of rotatable bonds is 8. The molecule has 40 heavy (non-hydrogen) atoms. The summed E-state index contributed by atoms with van der Waals surface area (Å²) in [6.45, 7) is 5.53. The number of aliphatic hydroxyl groups is 1. The maximum Gasteiger partial charge on any atom is 0.254 e. The van der Waals surface area contributed by atoms with Crippen molar-refractivity contribution >= 4 is 29.5 Å². The van der Waals surface area contributed by atoms with Crippen LogP contribution in [0.25, 0.3) is 0 Å². The number of nitrogens with zero attached hydrogens (tertiary/aromatic N) is 1. The van der Waals surface area contributed by atoms with Crippen LogP contribution in [-0.2, 0) is 16.0 Å². The van der Waals surface area contributed by atoms with E-state index in [1.165, 1.54) is 35.6 Å². The van der Waals surface area contributed by atoms with Gasteiger partial charge in [-0.15, -0.1) is 11.8 Å². The van der Waals surface area contributed by atoms with Gasteiger partial charge in [0.2, 0.25) is 5.91 Å². The van der Waals surface area contributed by atoms with Gasteiger partial charge in [0, 0.05) is 21.9 Å². The van der Waals surface area contributed by atoms with Crippen LogP contribution >= 0.6 is 11.8 Å². The molecule has 0 radical (unpaired) electrons. The van der Waals surface area contributed by atoms with Gasteiger partial charge in [0.05, 0.1) is 11.9 Å². The normalized spacial score (nSPS) is 20.8. The average molecular weight is 568 g/mol. The Bertz CT molecular complexity index is 1200.